The van der Waals surface area contributed by atoms with Crippen LogP contribution in [-0.2, 0) is 14.3 Å². The first kappa shape index (κ1) is 28.9. The molecule has 2 saturated heterocycles. The number of carbonyl (C=O) groups is 2. The highest BCUT2D eigenvalue weighted by Gasteiger charge is 2.58. The molecule has 6 nitrogen and oxygen atoms in total. The van der Waals surface area contributed by atoms with Crippen LogP contribution >= 0.6 is 0 Å². The lowest BCUT2D eigenvalue weighted by atomic mass is 9.68. The zero-order valence-corrected chi connectivity index (χ0v) is 25.3. The number of aryl methyl sites for hydroxylation is 2. The lowest BCUT2D eigenvalue weighted by Crippen LogP contribution is -2.42. The first-order valence-electron chi connectivity index (χ1n) is 16.0. The van der Waals surface area contributed by atoms with Crippen molar-refractivity contribution in [3.63, 3.8) is 0 Å². The molecule has 1 aromatic carbocycles. The highest BCUT2D eigenvalue weighted by Crippen LogP contribution is 2.51. The fourth-order valence-electron chi connectivity index (χ4n) is 8.12. The van der Waals surface area contributed by atoms with Gasteiger partial charge in [-0.05, 0) is 111 Å². The van der Waals surface area contributed by atoms with E-state index >= 15 is 0 Å². The zero-order valence-electron chi connectivity index (χ0n) is 25.3. The summed E-state index contributed by atoms with van der Waals surface area (Å²) in [4.78, 5) is 33.9. The second-order valence-corrected chi connectivity index (χ2v) is 12.8. The molecular formula is C36H44N2O4. The number of pyridine rings is 1. The molecule has 42 heavy (non-hydrogen) atoms. The molecule has 6 heteroatoms. The molecule has 0 spiro atoms. The Bertz CT molecular complexity index is 1380. The Balaban J connectivity index is 1.27. The van der Waals surface area contributed by atoms with Gasteiger partial charge in [-0.2, -0.15) is 0 Å². The third-order valence-corrected chi connectivity index (χ3v) is 10.1. The van der Waals surface area contributed by atoms with Crippen molar-refractivity contribution in [2.75, 3.05) is 6.61 Å². The van der Waals surface area contributed by atoms with Crippen molar-refractivity contribution >= 4 is 23.5 Å². The molecule has 2 aromatic rings. The standard InChI is InChI=1S/C36H44N2O4/c1-4-10-26-20-28-33(36(41)38(35(28)40)27-11-6-5-7-12-27)29-21-42-31(32(26)29)15-14-25(30-13-8-9-16-37-30)19-24-17-22(2)34(39)23(3)18-24/h8-9,13,16-19,27-29,31,33,39H,4-7,10-12,14-15,20-21H2,1-3H3/b25-19-/t28-,29+,31-,33-/m1/s1. The topological polar surface area (TPSA) is 79.7 Å². The number of nitrogens with zero attached hydrogens (tertiary/aromatic N) is 2. The van der Waals surface area contributed by atoms with Crippen LogP contribution in [0, 0.1) is 31.6 Å². The number of likely N-dealkylation sites (tertiary alicyclic amines) is 1. The van der Waals surface area contributed by atoms with Crippen LogP contribution in [0.5, 0.6) is 5.75 Å². The number of aromatic hydroxyl groups is 1. The van der Waals surface area contributed by atoms with Crippen LogP contribution in [0.4, 0.5) is 0 Å². The number of allylic oxidation sites excluding steroid dienone is 2. The SMILES string of the molecule is CCCC1=C2[C@@H](CC/C(=C/c3cc(C)c(O)c(C)c3)c3ccccn3)OC[C@@H]2[C@@H]2C(=O)N(C3CCCCC3)C(=O)[C@@H]2C1. The predicted molar refractivity (Wildman–Crippen MR) is 164 cm³/mol. The van der Waals surface area contributed by atoms with Gasteiger partial charge in [0.15, 0.2) is 0 Å². The summed E-state index contributed by atoms with van der Waals surface area (Å²) in [6.45, 7) is 6.56. The fraction of sp³-hybridized carbons (Fsp3) is 0.528. The minimum Gasteiger partial charge on any atom is -0.507 e. The maximum Gasteiger partial charge on any atom is 0.234 e. The summed E-state index contributed by atoms with van der Waals surface area (Å²) in [5.74, 6) is -0.00931. The number of amides is 2. The Morgan fingerprint density at radius 2 is 1.83 bits per heavy atom. The number of phenols is 1. The van der Waals surface area contributed by atoms with Crippen molar-refractivity contribution in [2.24, 2.45) is 17.8 Å². The van der Waals surface area contributed by atoms with Crippen molar-refractivity contribution in [3.8, 4) is 5.75 Å². The van der Waals surface area contributed by atoms with E-state index in [1.807, 2.05) is 50.4 Å². The fourth-order valence-corrected chi connectivity index (χ4v) is 8.12. The third-order valence-electron chi connectivity index (χ3n) is 10.1. The number of rotatable bonds is 8. The molecule has 6 rings (SSSR count). The molecule has 3 fully saturated rings. The first-order chi connectivity index (χ1) is 20.4. The van der Waals surface area contributed by atoms with Gasteiger partial charge < -0.3 is 9.84 Å². The van der Waals surface area contributed by atoms with Gasteiger partial charge in [-0.25, -0.2) is 0 Å². The summed E-state index contributed by atoms with van der Waals surface area (Å²) in [6, 6.07) is 10.1. The molecule has 2 amide bonds. The molecule has 0 unspecified atom stereocenters. The van der Waals surface area contributed by atoms with Gasteiger partial charge in [-0.1, -0.05) is 44.2 Å². The van der Waals surface area contributed by atoms with E-state index in [0.29, 0.717) is 18.8 Å². The van der Waals surface area contributed by atoms with E-state index in [4.69, 9.17) is 4.74 Å². The van der Waals surface area contributed by atoms with Gasteiger partial charge >= 0.3 is 0 Å². The molecule has 2 aliphatic heterocycles. The Labute approximate surface area is 249 Å². The summed E-state index contributed by atoms with van der Waals surface area (Å²) >= 11 is 0. The van der Waals surface area contributed by atoms with Crippen LogP contribution in [-0.4, -0.2) is 45.6 Å². The molecule has 2 aliphatic carbocycles. The van der Waals surface area contributed by atoms with Gasteiger partial charge in [0.2, 0.25) is 11.8 Å². The Hall–Kier alpha value is -3.25. The minimum atomic E-state index is -0.270. The van der Waals surface area contributed by atoms with E-state index in [9.17, 15) is 14.7 Å². The van der Waals surface area contributed by atoms with Crippen LogP contribution in [0.2, 0.25) is 0 Å². The van der Waals surface area contributed by atoms with Crippen molar-refractivity contribution in [3.05, 3.63) is 70.1 Å². The monoisotopic (exact) mass is 568 g/mol. The van der Waals surface area contributed by atoms with Crippen LogP contribution < -0.4 is 0 Å². The number of hydrogen-bond acceptors (Lipinski definition) is 5. The normalized spacial score (nSPS) is 26.6. The van der Waals surface area contributed by atoms with E-state index in [0.717, 1.165) is 79.3 Å². The van der Waals surface area contributed by atoms with Crippen molar-refractivity contribution < 1.29 is 19.4 Å². The third kappa shape index (κ3) is 5.34. The number of benzene rings is 1. The van der Waals surface area contributed by atoms with Gasteiger partial charge in [-0.3, -0.25) is 19.5 Å². The van der Waals surface area contributed by atoms with Gasteiger partial charge in [0.1, 0.15) is 5.75 Å². The average molecular weight is 569 g/mol. The zero-order chi connectivity index (χ0) is 29.4. The quantitative estimate of drug-likeness (QED) is 0.270. The second-order valence-electron chi connectivity index (χ2n) is 12.8. The molecule has 1 N–H and O–H groups in total. The molecule has 1 aromatic heterocycles. The second kappa shape index (κ2) is 12.2. The molecule has 1 saturated carbocycles. The summed E-state index contributed by atoms with van der Waals surface area (Å²) in [5.41, 5.74) is 7.46. The lowest BCUT2D eigenvalue weighted by Gasteiger charge is -2.32. The molecule has 222 valence electrons. The van der Waals surface area contributed by atoms with Crippen LogP contribution in [0.1, 0.15) is 93.5 Å². The van der Waals surface area contributed by atoms with Crippen molar-refractivity contribution in [1.82, 2.24) is 9.88 Å². The molecule has 0 radical (unpaired) electrons. The number of carbonyl (C=O) groups excluding carboxylic acids is 2. The van der Waals surface area contributed by atoms with Gasteiger partial charge in [0.25, 0.3) is 0 Å². The summed E-state index contributed by atoms with van der Waals surface area (Å²) < 4.78 is 6.52. The van der Waals surface area contributed by atoms with E-state index in [-0.39, 0.29) is 41.7 Å². The highest BCUT2D eigenvalue weighted by molar-refractivity contribution is 6.06. The van der Waals surface area contributed by atoms with E-state index < -0.39 is 0 Å². The van der Waals surface area contributed by atoms with Crippen LogP contribution in [0.25, 0.3) is 11.6 Å². The molecule has 4 aliphatic rings. The molecular weight excluding hydrogens is 524 g/mol. The highest BCUT2D eigenvalue weighted by atomic mass is 16.5. The van der Waals surface area contributed by atoms with Gasteiger partial charge in [-0.15, -0.1) is 0 Å². The number of phenolic OH excluding ortho intramolecular Hbond substituents is 1. The molecule has 3 heterocycles. The maximum absolute atomic E-state index is 13.9. The van der Waals surface area contributed by atoms with Crippen molar-refractivity contribution in [2.45, 2.75) is 97.1 Å². The number of imide groups is 1. The Kier molecular flexibility index (Phi) is 8.35. The summed E-state index contributed by atoms with van der Waals surface area (Å²) in [5, 5.41) is 10.3. The molecule has 4 atom stereocenters. The molecule has 0 bridgehead atoms. The number of fused-ring (bicyclic) bond motifs is 3. The van der Waals surface area contributed by atoms with Crippen LogP contribution in [0.3, 0.4) is 0 Å². The van der Waals surface area contributed by atoms with Gasteiger partial charge in [0, 0.05) is 18.2 Å². The summed E-state index contributed by atoms with van der Waals surface area (Å²) in [6.07, 6.45) is 13.5. The van der Waals surface area contributed by atoms with E-state index in [1.165, 1.54) is 17.6 Å². The predicted octanol–water partition coefficient (Wildman–Crippen LogP) is 7.17. The number of hydrogen-bond donors (Lipinski definition) is 1. The van der Waals surface area contributed by atoms with Crippen LogP contribution in [0.15, 0.2) is 47.7 Å². The number of ether oxygens (including phenoxy) is 1. The largest absolute Gasteiger partial charge is 0.507 e. The average Bonchev–Trinajstić information content (AvgIpc) is 3.53. The Morgan fingerprint density at radius 1 is 1.07 bits per heavy atom. The van der Waals surface area contributed by atoms with E-state index in [2.05, 4.69) is 18.0 Å². The number of aromatic nitrogens is 1. The smallest absolute Gasteiger partial charge is 0.234 e. The lowest BCUT2D eigenvalue weighted by molar-refractivity contribution is -0.143. The Morgan fingerprint density at radius 3 is 2.52 bits per heavy atom. The van der Waals surface area contributed by atoms with Crippen molar-refractivity contribution in [1.29, 1.82) is 0 Å². The first-order valence-corrected chi connectivity index (χ1v) is 16.0. The minimum absolute atomic E-state index is 0.00465. The summed E-state index contributed by atoms with van der Waals surface area (Å²) in [7, 11) is 0. The van der Waals surface area contributed by atoms with E-state index in [1.54, 1.807) is 4.90 Å². The maximum atomic E-state index is 13.9. The van der Waals surface area contributed by atoms with Gasteiger partial charge in [0.05, 0.1) is 30.2 Å².